The summed E-state index contributed by atoms with van der Waals surface area (Å²) in [6.07, 6.45) is 3.36. The van der Waals surface area contributed by atoms with Crippen LogP contribution in [0.25, 0.3) is 0 Å². The lowest BCUT2D eigenvalue weighted by atomic mass is 9.99. The van der Waals surface area contributed by atoms with E-state index in [0.29, 0.717) is 37.1 Å². The van der Waals surface area contributed by atoms with Crippen LogP contribution in [-0.4, -0.2) is 39.6 Å². The van der Waals surface area contributed by atoms with Crippen molar-refractivity contribution >= 4 is 27.5 Å². The number of ketones is 1. The number of benzene rings is 2. The van der Waals surface area contributed by atoms with E-state index >= 15 is 0 Å². The summed E-state index contributed by atoms with van der Waals surface area (Å²) in [4.78, 5) is 24.3. The zero-order valence-electron chi connectivity index (χ0n) is 15.8. The molecule has 0 spiro atoms. The summed E-state index contributed by atoms with van der Waals surface area (Å²) in [5, 5.41) is 0. The quantitative estimate of drug-likeness (QED) is 0.526. The molecule has 2 aromatic carbocycles. The molecule has 0 radical (unpaired) electrons. The van der Waals surface area contributed by atoms with Crippen LogP contribution in [0.1, 0.15) is 34.3 Å². The molecule has 0 unspecified atom stereocenters. The van der Waals surface area contributed by atoms with Gasteiger partial charge in [-0.3, -0.25) is 13.9 Å². The molecule has 6 nitrogen and oxygen atoms in total. The van der Waals surface area contributed by atoms with E-state index < -0.39 is 16.0 Å². The number of fused-ring (bicyclic) bond motifs is 1. The zero-order chi connectivity index (χ0) is 20.1. The predicted octanol–water partition coefficient (Wildman–Crippen LogP) is 2.76. The Balaban J connectivity index is 1.58. The van der Waals surface area contributed by atoms with Crippen molar-refractivity contribution in [3.05, 3.63) is 65.2 Å². The molecule has 3 rings (SSSR count). The smallest absolute Gasteiger partial charge is 0.306 e. The van der Waals surface area contributed by atoms with Crippen molar-refractivity contribution in [3.8, 4) is 0 Å². The van der Waals surface area contributed by atoms with Gasteiger partial charge in [-0.25, -0.2) is 8.42 Å². The number of sulfonamides is 1. The lowest BCUT2D eigenvalue weighted by Gasteiger charge is -2.29. The first kappa shape index (κ1) is 20.1. The number of anilines is 1. The third-order valence-electron chi connectivity index (χ3n) is 4.70. The first-order chi connectivity index (χ1) is 13.3. The number of carbonyl (C=O) groups excluding carboxylic acids is 2. The number of rotatable bonds is 7. The molecule has 0 amide bonds. The Kier molecular flexibility index (Phi) is 6.14. The Morgan fingerprint density at radius 2 is 1.86 bits per heavy atom. The number of aryl methyl sites for hydroxylation is 2. The van der Waals surface area contributed by atoms with Crippen LogP contribution < -0.4 is 4.31 Å². The second-order valence-electron chi connectivity index (χ2n) is 6.85. The van der Waals surface area contributed by atoms with Crippen LogP contribution in [0.2, 0.25) is 0 Å². The van der Waals surface area contributed by atoms with Crippen molar-refractivity contribution in [1.29, 1.82) is 0 Å². The highest BCUT2D eigenvalue weighted by Gasteiger charge is 2.24. The second kappa shape index (κ2) is 8.56. The summed E-state index contributed by atoms with van der Waals surface area (Å²) in [6, 6.07) is 14.5. The SMILES string of the molecule is CS(=O)(=O)N1CCCc2cc(C(=O)COC(=O)CCc3ccccc3)ccc21. The average molecular weight is 401 g/mol. The minimum absolute atomic E-state index is 0.213. The lowest BCUT2D eigenvalue weighted by molar-refractivity contribution is -0.142. The zero-order valence-corrected chi connectivity index (χ0v) is 16.6. The molecule has 0 atom stereocenters. The molecule has 0 saturated carbocycles. The maximum absolute atomic E-state index is 12.4. The van der Waals surface area contributed by atoms with Gasteiger partial charge in [-0.05, 0) is 48.6 Å². The second-order valence-corrected chi connectivity index (χ2v) is 8.76. The summed E-state index contributed by atoms with van der Waals surface area (Å²) in [7, 11) is -3.34. The number of hydrogen-bond donors (Lipinski definition) is 0. The summed E-state index contributed by atoms with van der Waals surface area (Å²) >= 11 is 0. The number of Topliss-reactive ketones (excluding diaryl/α,β-unsaturated/α-hetero) is 1. The number of nitrogens with zero attached hydrogens (tertiary/aromatic N) is 1. The van der Waals surface area contributed by atoms with Gasteiger partial charge in [-0.1, -0.05) is 30.3 Å². The molecule has 7 heteroatoms. The number of ether oxygens (including phenoxy) is 1. The topological polar surface area (TPSA) is 80.8 Å². The van der Waals surface area contributed by atoms with Gasteiger partial charge in [-0.15, -0.1) is 0 Å². The van der Waals surface area contributed by atoms with Crippen LogP contribution in [0, 0.1) is 0 Å². The fourth-order valence-corrected chi connectivity index (χ4v) is 4.27. The highest BCUT2D eigenvalue weighted by molar-refractivity contribution is 7.92. The van der Waals surface area contributed by atoms with Gasteiger partial charge in [0.1, 0.15) is 0 Å². The van der Waals surface area contributed by atoms with E-state index in [1.807, 2.05) is 30.3 Å². The van der Waals surface area contributed by atoms with Crippen LogP contribution in [-0.2, 0) is 32.4 Å². The standard InChI is InChI=1S/C21H23NO5S/c1-28(25,26)22-13-5-8-17-14-18(10-11-19(17)22)20(23)15-27-21(24)12-9-16-6-3-2-4-7-16/h2-4,6-7,10-11,14H,5,8-9,12-13,15H2,1H3. The Morgan fingerprint density at radius 1 is 1.11 bits per heavy atom. The van der Waals surface area contributed by atoms with E-state index in [2.05, 4.69) is 0 Å². The normalized spacial score (nSPS) is 13.7. The average Bonchev–Trinajstić information content (AvgIpc) is 2.69. The molecule has 0 aliphatic carbocycles. The van der Waals surface area contributed by atoms with Gasteiger partial charge in [0.15, 0.2) is 12.4 Å². The number of carbonyl (C=O) groups is 2. The Hall–Kier alpha value is -2.67. The van der Waals surface area contributed by atoms with E-state index in [0.717, 1.165) is 11.1 Å². The molecule has 1 aliphatic heterocycles. The Morgan fingerprint density at radius 3 is 2.57 bits per heavy atom. The van der Waals surface area contributed by atoms with Gasteiger partial charge in [0.05, 0.1) is 11.9 Å². The number of esters is 1. The molecule has 0 fully saturated rings. The van der Waals surface area contributed by atoms with Crippen molar-refractivity contribution in [1.82, 2.24) is 0 Å². The molecule has 0 aromatic heterocycles. The van der Waals surface area contributed by atoms with Gasteiger partial charge in [0.25, 0.3) is 0 Å². The highest BCUT2D eigenvalue weighted by atomic mass is 32.2. The molecule has 1 heterocycles. The molecule has 0 bridgehead atoms. The van der Waals surface area contributed by atoms with E-state index in [9.17, 15) is 18.0 Å². The van der Waals surface area contributed by atoms with Crippen LogP contribution in [0.4, 0.5) is 5.69 Å². The van der Waals surface area contributed by atoms with Gasteiger partial charge in [-0.2, -0.15) is 0 Å². The van der Waals surface area contributed by atoms with Gasteiger partial charge in [0, 0.05) is 18.5 Å². The fourth-order valence-electron chi connectivity index (χ4n) is 3.27. The van der Waals surface area contributed by atoms with E-state index in [-0.39, 0.29) is 18.8 Å². The molecule has 1 aliphatic rings. The predicted molar refractivity (Wildman–Crippen MR) is 107 cm³/mol. The van der Waals surface area contributed by atoms with E-state index in [4.69, 9.17) is 4.74 Å². The number of hydrogen-bond acceptors (Lipinski definition) is 5. The molecule has 2 aromatic rings. The molecular formula is C21H23NO5S. The van der Waals surface area contributed by atoms with E-state index in [1.165, 1.54) is 10.6 Å². The molecule has 148 valence electrons. The maximum Gasteiger partial charge on any atom is 0.306 e. The van der Waals surface area contributed by atoms with Crippen molar-refractivity contribution < 1.29 is 22.7 Å². The summed E-state index contributed by atoms with van der Waals surface area (Å²) in [5.41, 5.74) is 2.89. The summed E-state index contributed by atoms with van der Waals surface area (Å²) in [6.45, 7) is 0.125. The van der Waals surface area contributed by atoms with Crippen molar-refractivity contribution in [2.75, 3.05) is 23.7 Å². The van der Waals surface area contributed by atoms with Crippen LogP contribution >= 0.6 is 0 Å². The summed E-state index contributed by atoms with van der Waals surface area (Å²) in [5.74, 6) is -0.717. The molecule has 0 N–H and O–H groups in total. The minimum Gasteiger partial charge on any atom is -0.457 e. The van der Waals surface area contributed by atoms with Gasteiger partial charge < -0.3 is 4.74 Å². The maximum atomic E-state index is 12.4. The van der Waals surface area contributed by atoms with Gasteiger partial charge >= 0.3 is 5.97 Å². The Labute approximate surface area is 165 Å². The van der Waals surface area contributed by atoms with Crippen molar-refractivity contribution in [3.63, 3.8) is 0 Å². The largest absolute Gasteiger partial charge is 0.457 e. The summed E-state index contributed by atoms with van der Waals surface area (Å²) < 4.78 is 30.3. The lowest BCUT2D eigenvalue weighted by Crippen LogP contribution is -2.34. The third kappa shape index (κ3) is 4.98. The van der Waals surface area contributed by atoms with Crippen LogP contribution in [0.5, 0.6) is 0 Å². The van der Waals surface area contributed by atoms with Crippen molar-refractivity contribution in [2.24, 2.45) is 0 Å². The van der Waals surface area contributed by atoms with Crippen LogP contribution in [0.3, 0.4) is 0 Å². The van der Waals surface area contributed by atoms with Crippen LogP contribution in [0.15, 0.2) is 48.5 Å². The highest BCUT2D eigenvalue weighted by Crippen LogP contribution is 2.30. The Bertz CT molecular complexity index is 970. The van der Waals surface area contributed by atoms with Gasteiger partial charge in [0.2, 0.25) is 10.0 Å². The molecular weight excluding hydrogens is 378 g/mol. The molecule has 28 heavy (non-hydrogen) atoms. The van der Waals surface area contributed by atoms with Crippen molar-refractivity contribution in [2.45, 2.75) is 25.7 Å². The van der Waals surface area contributed by atoms with E-state index in [1.54, 1.807) is 18.2 Å². The molecule has 0 saturated heterocycles. The first-order valence-corrected chi connectivity index (χ1v) is 11.0. The fraction of sp³-hybridized carbons (Fsp3) is 0.333. The minimum atomic E-state index is -3.34. The third-order valence-corrected chi connectivity index (χ3v) is 5.88. The first-order valence-electron chi connectivity index (χ1n) is 9.18. The monoisotopic (exact) mass is 401 g/mol.